The van der Waals surface area contributed by atoms with E-state index in [2.05, 4.69) is 35.6 Å². The minimum absolute atomic E-state index is 0.188. The van der Waals surface area contributed by atoms with Gasteiger partial charge in [0.2, 0.25) is 0 Å². The van der Waals surface area contributed by atoms with Gasteiger partial charge in [-0.05, 0) is 0 Å². The van der Waals surface area contributed by atoms with Gasteiger partial charge in [0.1, 0.15) is 5.52 Å². The average molecular weight is 338 g/mol. The molecule has 9 nitrogen and oxygen atoms in total. The summed E-state index contributed by atoms with van der Waals surface area (Å²) in [5.74, 6) is -2.46. The third-order valence-electron chi connectivity index (χ3n) is 3.15. The van der Waals surface area contributed by atoms with Crippen LogP contribution in [0.3, 0.4) is 0 Å². The first-order chi connectivity index (χ1) is 11.5. The second-order valence-electron chi connectivity index (χ2n) is 5.29. The molecule has 0 unspecified atom stereocenters. The zero-order valence-electron chi connectivity index (χ0n) is 13.1. The number of hydrogen-bond acceptors (Lipinski definition) is 7. The number of alkyl halides is 2. The van der Waals surface area contributed by atoms with Crippen molar-refractivity contribution in [3.05, 3.63) is 18.2 Å². The first kappa shape index (κ1) is 16.2. The number of aromatic nitrogens is 7. The molecule has 0 aliphatic rings. The van der Waals surface area contributed by atoms with E-state index in [1.165, 1.54) is 11.0 Å². The molecule has 128 valence electrons. The van der Waals surface area contributed by atoms with Crippen molar-refractivity contribution in [1.29, 1.82) is 0 Å². The Morgan fingerprint density at radius 1 is 1.38 bits per heavy atom. The molecule has 0 aromatic carbocycles. The molecule has 3 aromatic heterocycles. The number of H-pyrrole nitrogens is 1. The predicted molar refractivity (Wildman–Crippen MR) is 81.3 cm³/mol. The smallest absolute Gasteiger partial charge is 0.262 e. The summed E-state index contributed by atoms with van der Waals surface area (Å²) in [5.41, 5.74) is 1.50. The second-order valence-corrected chi connectivity index (χ2v) is 5.29. The number of nitrogens with zero attached hydrogens (tertiary/aromatic N) is 6. The third-order valence-corrected chi connectivity index (χ3v) is 3.15. The number of halogens is 2. The molecule has 11 heteroatoms. The maximum absolute atomic E-state index is 13.1. The second kappa shape index (κ2) is 6.43. The molecular weight excluding hydrogens is 322 g/mol. The van der Waals surface area contributed by atoms with E-state index >= 15 is 0 Å². The van der Waals surface area contributed by atoms with Crippen LogP contribution in [0.5, 0.6) is 0 Å². The van der Waals surface area contributed by atoms with E-state index < -0.39 is 12.5 Å². The summed E-state index contributed by atoms with van der Waals surface area (Å²) in [6.45, 7) is 0.774. The molecule has 0 fully saturated rings. The first-order valence-electron chi connectivity index (χ1n) is 7.19. The molecule has 0 saturated carbocycles. The van der Waals surface area contributed by atoms with Crippen molar-refractivity contribution < 1.29 is 13.5 Å². The van der Waals surface area contributed by atoms with Gasteiger partial charge in [-0.15, -0.1) is 5.10 Å². The lowest BCUT2D eigenvalue weighted by atomic mass is 10.3. The van der Waals surface area contributed by atoms with Crippen LogP contribution in [0, 0.1) is 0 Å². The predicted octanol–water partition coefficient (Wildman–Crippen LogP) is 1.19. The van der Waals surface area contributed by atoms with Gasteiger partial charge in [0, 0.05) is 20.5 Å². The molecule has 0 aliphatic heterocycles. The van der Waals surface area contributed by atoms with Gasteiger partial charge in [-0.2, -0.15) is 14.6 Å². The van der Waals surface area contributed by atoms with Crippen molar-refractivity contribution in [2.24, 2.45) is 0 Å². The van der Waals surface area contributed by atoms with Crippen molar-refractivity contribution in [2.75, 3.05) is 25.6 Å². The van der Waals surface area contributed by atoms with Gasteiger partial charge in [-0.3, -0.25) is 0 Å². The van der Waals surface area contributed by atoms with Crippen LogP contribution in [0.2, 0.25) is 0 Å². The Morgan fingerprint density at radius 2 is 2.21 bits per heavy atom. The number of methoxy groups -OCH3 is 1. The van der Waals surface area contributed by atoms with Crippen LogP contribution in [0.15, 0.2) is 12.5 Å². The number of imidazole rings is 1. The number of hydrogen-bond donors (Lipinski definition) is 2. The fraction of sp³-hybridized carbons (Fsp3) is 0.462. The van der Waals surface area contributed by atoms with Gasteiger partial charge in [-0.1, -0.05) is 5.21 Å². The molecule has 0 atom stereocenters. The number of ether oxygens (including phenoxy) is 1. The molecule has 0 spiro atoms. The van der Waals surface area contributed by atoms with E-state index in [1.807, 2.05) is 0 Å². The summed E-state index contributed by atoms with van der Waals surface area (Å²) in [6.07, 6.45) is 3.67. The Hall–Kier alpha value is -2.69. The minimum atomic E-state index is -2.88. The summed E-state index contributed by atoms with van der Waals surface area (Å²) in [5, 5.41) is 10.6. The largest absolute Gasteiger partial charge is 0.384 e. The Kier molecular flexibility index (Phi) is 4.34. The Labute approximate surface area is 135 Å². The molecule has 3 aromatic rings. The molecule has 3 rings (SSSR count). The van der Waals surface area contributed by atoms with Gasteiger partial charge < -0.3 is 15.0 Å². The first-order valence-corrected chi connectivity index (χ1v) is 7.19. The summed E-state index contributed by atoms with van der Waals surface area (Å²) < 4.78 is 32.6. The van der Waals surface area contributed by atoms with Crippen molar-refractivity contribution in [3.63, 3.8) is 0 Å². The van der Waals surface area contributed by atoms with Crippen LogP contribution in [0.1, 0.15) is 12.6 Å². The number of aromatic amines is 1. The van der Waals surface area contributed by atoms with E-state index in [4.69, 9.17) is 4.74 Å². The van der Waals surface area contributed by atoms with E-state index in [0.717, 1.165) is 6.92 Å². The summed E-state index contributed by atoms with van der Waals surface area (Å²) in [7, 11) is 1.60. The Balaban J connectivity index is 1.92. The van der Waals surface area contributed by atoms with E-state index in [9.17, 15) is 8.78 Å². The van der Waals surface area contributed by atoms with E-state index in [0.29, 0.717) is 29.9 Å². The molecule has 2 N–H and O–H groups in total. The molecule has 0 amide bonds. The lowest BCUT2D eigenvalue weighted by molar-refractivity contribution is 0.0367. The highest BCUT2D eigenvalue weighted by molar-refractivity contribution is 5.83. The van der Waals surface area contributed by atoms with Crippen molar-refractivity contribution >= 4 is 17.0 Å². The molecule has 0 radical (unpaired) electrons. The third kappa shape index (κ3) is 3.62. The number of nitrogens with one attached hydrogen (secondary N) is 2. The lowest BCUT2D eigenvalue weighted by Gasteiger charge is -2.12. The molecule has 0 saturated heterocycles. The van der Waals surface area contributed by atoms with Crippen molar-refractivity contribution in [1.82, 2.24) is 34.9 Å². The topological polar surface area (TPSA) is 106 Å². The summed E-state index contributed by atoms with van der Waals surface area (Å²) in [4.78, 5) is 15.4. The fourth-order valence-corrected chi connectivity index (χ4v) is 2.01. The number of anilines is 1. The van der Waals surface area contributed by atoms with Crippen LogP contribution in [-0.4, -0.2) is 61.1 Å². The number of rotatable bonds is 7. The van der Waals surface area contributed by atoms with Crippen LogP contribution in [0.4, 0.5) is 14.6 Å². The highest BCUT2D eigenvalue weighted by Gasteiger charge is 2.22. The highest BCUT2D eigenvalue weighted by atomic mass is 19.3. The van der Waals surface area contributed by atoms with Gasteiger partial charge >= 0.3 is 0 Å². The van der Waals surface area contributed by atoms with Gasteiger partial charge in [0.25, 0.3) is 11.9 Å². The maximum Gasteiger partial charge on any atom is 0.262 e. The number of fused-ring (bicyclic) bond motifs is 1. The average Bonchev–Trinajstić information content (AvgIpc) is 3.18. The van der Waals surface area contributed by atoms with Crippen LogP contribution in [0.25, 0.3) is 17.1 Å². The van der Waals surface area contributed by atoms with Crippen molar-refractivity contribution in [2.45, 2.75) is 19.3 Å². The van der Waals surface area contributed by atoms with Crippen molar-refractivity contribution in [3.8, 4) is 5.95 Å². The van der Waals surface area contributed by atoms with E-state index in [-0.39, 0.29) is 11.8 Å². The molecule has 0 aliphatic carbocycles. The zero-order valence-corrected chi connectivity index (χ0v) is 13.1. The Morgan fingerprint density at radius 3 is 2.96 bits per heavy atom. The minimum Gasteiger partial charge on any atom is -0.384 e. The monoisotopic (exact) mass is 338 g/mol. The lowest BCUT2D eigenvalue weighted by Crippen LogP contribution is -2.23. The van der Waals surface area contributed by atoms with Gasteiger partial charge in [-0.25, -0.2) is 13.8 Å². The van der Waals surface area contributed by atoms with Crippen LogP contribution >= 0.6 is 0 Å². The standard InChI is InChI=1S/C13H16F2N8O/c1-13(14,15)6-16-10-9-11(18-7-17-9)20-12(19-10)23-5-8(21-22-23)3-4-24-2/h5,7H,3-4,6H2,1-2H3,(H2,16,17,18,19,20). The van der Waals surface area contributed by atoms with Gasteiger partial charge in [0.15, 0.2) is 11.5 Å². The molecular formula is C13H16F2N8O. The Bertz CT molecular complexity index is 825. The quantitative estimate of drug-likeness (QED) is 0.666. The SMILES string of the molecule is COCCc1cn(-c2nc(NCC(C)(F)F)c3[nH]cnc3n2)nn1. The summed E-state index contributed by atoms with van der Waals surface area (Å²) in [6, 6.07) is 0. The highest BCUT2D eigenvalue weighted by Crippen LogP contribution is 2.20. The molecule has 3 heterocycles. The van der Waals surface area contributed by atoms with Crippen LogP contribution < -0.4 is 5.32 Å². The molecule has 24 heavy (non-hydrogen) atoms. The van der Waals surface area contributed by atoms with E-state index in [1.54, 1.807) is 13.3 Å². The van der Waals surface area contributed by atoms with Gasteiger partial charge in [0.05, 0.1) is 31.4 Å². The fourth-order valence-electron chi connectivity index (χ4n) is 2.01. The zero-order chi connectivity index (χ0) is 17.2. The maximum atomic E-state index is 13.1. The normalized spacial score (nSPS) is 12.0. The summed E-state index contributed by atoms with van der Waals surface area (Å²) >= 11 is 0. The molecule has 0 bridgehead atoms. The van der Waals surface area contributed by atoms with Crippen LogP contribution in [-0.2, 0) is 11.2 Å².